The standard InChI is InChI=1S/C19H15N3O2/c1-13-10-11-14-8-5-9-16(18(14)20-13)23-12-17-21-22-19(24-17)15-6-3-2-4-7-15/h2-11H,12H2,1H3. The number of aryl methyl sites for hydroxylation is 1. The summed E-state index contributed by atoms with van der Waals surface area (Å²) in [5.74, 6) is 1.62. The highest BCUT2D eigenvalue weighted by molar-refractivity contribution is 5.84. The van der Waals surface area contributed by atoms with Gasteiger partial charge in [0.1, 0.15) is 11.3 Å². The number of hydrogen-bond acceptors (Lipinski definition) is 5. The average molecular weight is 317 g/mol. The van der Waals surface area contributed by atoms with Gasteiger partial charge in [-0.1, -0.05) is 36.4 Å². The lowest BCUT2D eigenvalue weighted by Gasteiger charge is -2.07. The zero-order valence-electron chi connectivity index (χ0n) is 13.1. The predicted octanol–water partition coefficient (Wildman–Crippen LogP) is 4.17. The van der Waals surface area contributed by atoms with Crippen LogP contribution >= 0.6 is 0 Å². The van der Waals surface area contributed by atoms with Crippen LogP contribution < -0.4 is 4.74 Å². The molecule has 4 aromatic rings. The second-order valence-corrected chi connectivity index (χ2v) is 5.44. The van der Waals surface area contributed by atoms with Crippen molar-refractivity contribution in [3.63, 3.8) is 0 Å². The van der Waals surface area contributed by atoms with Crippen LogP contribution in [0.15, 0.2) is 65.1 Å². The molecule has 0 saturated carbocycles. The van der Waals surface area contributed by atoms with Crippen molar-refractivity contribution in [3.8, 4) is 17.2 Å². The summed E-state index contributed by atoms with van der Waals surface area (Å²) in [6.45, 7) is 2.16. The topological polar surface area (TPSA) is 61.0 Å². The van der Waals surface area contributed by atoms with E-state index in [0.29, 0.717) is 17.5 Å². The molecule has 2 aromatic heterocycles. The molecule has 0 bridgehead atoms. The van der Waals surface area contributed by atoms with Crippen molar-refractivity contribution < 1.29 is 9.15 Å². The van der Waals surface area contributed by atoms with Gasteiger partial charge in [0, 0.05) is 16.6 Å². The first kappa shape index (κ1) is 14.4. The van der Waals surface area contributed by atoms with Crippen molar-refractivity contribution >= 4 is 10.9 Å². The Morgan fingerprint density at radius 1 is 0.917 bits per heavy atom. The second kappa shape index (κ2) is 6.12. The molecule has 24 heavy (non-hydrogen) atoms. The van der Waals surface area contributed by atoms with Gasteiger partial charge in [-0.15, -0.1) is 10.2 Å². The van der Waals surface area contributed by atoms with Gasteiger partial charge in [0.25, 0.3) is 5.89 Å². The van der Waals surface area contributed by atoms with E-state index in [-0.39, 0.29) is 6.61 Å². The summed E-state index contributed by atoms with van der Waals surface area (Å²) in [6.07, 6.45) is 0. The largest absolute Gasteiger partial charge is 0.482 e. The molecular formula is C19H15N3O2. The van der Waals surface area contributed by atoms with Crippen LogP contribution in [-0.4, -0.2) is 15.2 Å². The highest BCUT2D eigenvalue weighted by atomic mass is 16.5. The molecule has 2 heterocycles. The van der Waals surface area contributed by atoms with Crippen molar-refractivity contribution in [2.45, 2.75) is 13.5 Å². The fraction of sp³-hybridized carbons (Fsp3) is 0.105. The van der Waals surface area contributed by atoms with Gasteiger partial charge in [0.05, 0.1) is 0 Å². The molecule has 0 fully saturated rings. The Balaban J connectivity index is 1.56. The smallest absolute Gasteiger partial charge is 0.254 e. The molecule has 5 nitrogen and oxygen atoms in total. The molecule has 4 rings (SSSR count). The van der Waals surface area contributed by atoms with Gasteiger partial charge < -0.3 is 9.15 Å². The van der Waals surface area contributed by atoms with E-state index < -0.39 is 0 Å². The minimum absolute atomic E-state index is 0.203. The first-order valence-electron chi connectivity index (χ1n) is 7.66. The van der Waals surface area contributed by atoms with Crippen LogP contribution in [-0.2, 0) is 6.61 Å². The number of ether oxygens (including phenoxy) is 1. The lowest BCUT2D eigenvalue weighted by atomic mass is 10.2. The summed E-state index contributed by atoms with van der Waals surface area (Å²) in [4.78, 5) is 4.55. The van der Waals surface area contributed by atoms with Crippen LogP contribution in [0.3, 0.4) is 0 Å². The van der Waals surface area contributed by atoms with Crippen molar-refractivity contribution in [1.29, 1.82) is 0 Å². The third-order valence-electron chi connectivity index (χ3n) is 3.66. The van der Waals surface area contributed by atoms with Crippen molar-refractivity contribution in [2.24, 2.45) is 0 Å². The van der Waals surface area contributed by atoms with Gasteiger partial charge in [-0.05, 0) is 31.2 Å². The van der Waals surface area contributed by atoms with E-state index in [1.165, 1.54) is 0 Å². The van der Waals surface area contributed by atoms with Crippen molar-refractivity contribution in [3.05, 3.63) is 72.2 Å². The summed E-state index contributed by atoms with van der Waals surface area (Å²) < 4.78 is 11.5. The fourth-order valence-corrected chi connectivity index (χ4v) is 2.48. The molecule has 0 aliphatic rings. The molecule has 118 valence electrons. The summed E-state index contributed by atoms with van der Waals surface area (Å²) in [6, 6.07) is 19.5. The van der Waals surface area contributed by atoms with Gasteiger partial charge >= 0.3 is 0 Å². The van der Waals surface area contributed by atoms with Gasteiger partial charge in [-0.25, -0.2) is 4.98 Å². The molecule has 0 aliphatic carbocycles. The van der Waals surface area contributed by atoms with Crippen LogP contribution in [0.25, 0.3) is 22.4 Å². The summed E-state index contributed by atoms with van der Waals surface area (Å²) >= 11 is 0. The maximum absolute atomic E-state index is 5.85. The van der Waals surface area contributed by atoms with Crippen molar-refractivity contribution in [1.82, 2.24) is 15.2 Å². The molecule has 0 unspecified atom stereocenters. The number of benzene rings is 2. The number of hydrogen-bond donors (Lipinski definition) is 0. The molecule has 0 spiro atoms. The molecule has 0 radical (unpaired) electrons. The Bertz CT molecular complexity index is 980. The predicted molar refractivity (Wildman–Crippen MR) is 90.5 cm³/mol. The van der Waals surface area contributed by atoms with Crippen LogP contribution in [0.4, 0.5) is 0 Å². The molecule has 0 atom stereocenters. The summed E-state index contributed by atoms with van der Waals surface area (Å²) in [5.41, 5.74) is 2.67. The molecule has 0 N–H and O–H groups in total. The van der Waals surface area contributed by atoms with E-state index >= 15 is 0 Å². The number of pyridine rings is 1. The third kappa shape index (κ3) is 2.84. The SMILES string of the molecule is Cc1ccc2cccc(OCc3nnc(-c4ccccc4)o3)c2n1. The van der Waals surface area contributed by atoms with Crippen LogP contribution in [0.5, 0.6) is 5.75 Å². The Labute approximate surface area is 138 Å². The van der Waals surface area contributed by atoms with E-state index in [0.717, 1.165) is 22.2 Å². The Morgan fingerprint density at radius 2 is 1.79 bits per heavy atom. The average Bonchev–Trinajstić information content (AvgIpc) is 3.10. The molecule has 0 saturated heterocycles. The van der Waals surface area contributed by atoms with E-state index in [1.807, 2.05) is 67.6 Å². The number of nitrogens with zero attached hydrogens (tertiary/aromatic N) is 3. The summed E-state index contributed by atoms with van der Waals surface area (Å²) in [7, 11) is 0. The highest BCUT2D eigenvalue weighted by Gasteiger charge is 2.10. The molecular weight excluding hydrogens is 302 g/mol. The number of fused-ring (bicyclic) bond motifs is 1. The second-order valence-electron chi connectivity index (χ2n) is 5.44. The normalized spacial score (nSPS) is 10.9. The fourth-order valence-electron chi connectivity index (χ4n) is 2.48. The van der Waals surface area contributed by atoms with Crippen LogP contribution in [0.2, 0.25) is 0 Å². The van der Waals surface area contributed by atoms with Gasteiger partial charge in [-0.3, -0.25) is 0 Å². The van der Waals surface area contributed by atoms with Crippen LogP contribution in [0.1, 0.15) is 11.6 Å². The molecule has 0 aliphatic heterocycles. The Hall–Kier alpha value is -3.21. The minimum atomic E-state index is 0.203. The van der Waals surface area contributed by atoms with E-state index in [9.17, 15) is 0 Å². The van der Waals surface area contributed by atoms with E-state index in [4.69, 9.17) is 9.15 Å². The van der Waals surface area contributed by atoms with E-state index in [2.05, 4.69) is 15.2 Å². The van der Waals surface area contributed by atoms with Gasteiger partial charge in [-0.2, -0.15) is 0 Å². The quantitative estimate of drug-likeness (QED) is 0.565. The Kier molecular flexibility index (Phi) is 3.67. The number of aromatic nitrogens is 3. The molecule has 0 amide bonds. The third-order valence-corrected chi connectivity index (χ3v) is 3.66. The Morgan fingerprint density at radius 3 is 2.67 bits per heavy atom. The lowest BCUT2D eigenvalue weighted by Crippen LogP contribution is -1.97. The number of rotatable bonds is 4. The lowest BCUT2D eigenvalue weighted by molar-refractivity contribution is 0.267. The summed E-state index contributed by atoms with van der Waals surface area (Å²) in [5, 5.41) is 9.14. The zero-order chi connectivity index (χ0) is 16.4. The first-order valence-corrected chi connectivity index (χ1v) is 7.66. The molecule has 2 aromatic carbocycles. The van der Waals surface area contributed by atoms with Gasteiger partial charge in [0.2, 0.25) is 5.89 Å². The van der Waals surface area contributed by atoms with Crippen molar-refractivity contribution in [2.75, 3.05) is 0 Å². The first-order chi connectivity index (χ1) is 11.8. The minimum Gasteiger partial charge on any atom is -0.482 e. The van der Waals surface area contributed by atoms with E-state index in [1.54, 1.807) is 0 Å². The van der Waals surface area contributed by atoms with Crippen LogP contribution in [0, 0.1) is 6.92 Å². The number of para-hydroxylation sites is 1. The maximum atomic E-state index is 5.85. The molecule has 5 heteroatoms. The highest BCUT2D eigenvalue weighted by Crippen LogP contribution is 2.25. The maximum Gasteiger partial charge on any atom is 0.254 e. The van der Waals surface area contributed by atoms with Gasteiger partial charge in [0.15, 0.2) is 6.61 Å². The zero-order valence-corrected chi connectivity index (χ0v) is 13.1. The monoisotopic (exact) mass is 317 g/mol.